The van der Waals surface area contributed by atoms with Gasteiger partial charge in [-0.05, 0) is 42.9 Å². The zero-order valence-corrected chi connectivity index (χ0v) is 19.6. The van der Waals surface area contributed by atoms with Gasteiger partial charge >= 0.3 is 5.97 Å². The number of thiazole rings is 1. The molecule has 6 nitrogen and oxygen atoms in total. The number of aromatic nitrogens is 1. The number of nitrogens with zero attached hydrogens (tertiary/aromatic N) is 3. The molecule has 0 radical (unpaired) electrons. The molecule has 0 fully saturated rings. The van der Waals surface area contributed by atoms with Gasteiger partial charge in [-0.25, -0.2) is 0 Å². The molecule has 2 aromatic carbocycles. The molecule has 0 unspecified atom stereocenters. The molecule has 0 aliphatic rings. The maximum Gasteiger partial charge on any atom is 0.303 e. The number of carboxylic acid groups (broad SMARTS) is 1. The van der Waals surface area contributed by atoms with E-state index < -0.39 is 5.97 Å². The van der Waals surface area contributed by atoms with Gasteiger partial charge in [-0.15, -0.1) is 11.3 Å². The van der Waals surface area contributed by atoms with E-state index in [4.69, 9.17) is 17.3 Å². The number of carbonyl (C=O) groups is 1. The van der Waals surface area contributed by atoms with Crippen LogP contribution in [0.25, 0.3) is 6.08 Å². The Labute approximate surface area is 196 Å². The SMILES string of the molecule is CN(C(=C=Cc1sc(=S)n(CCCC(=O)O)c1O)N(C)c1ccccc1)c1ccccc1. The van der Waals surface area contributed by atoms with E-state index in [1.165, 1.54) is 11.3 Å². The van der Waals surface area contributed by atoms with Gasteiger partial charge < -0.3 is 20.0 Å². The van der Waals surface area contributed by atoms with E-state index in [2.05, 4.69) is 5.73 Å². The smallest absolute Gasteiger partial charge is 0.303 e. The molecule has 0 spiro atoms. The Hall–Kier alpha value is -3.32. The predicted octanol–water partition coefficient (Wildman–Crippen LogP) is 5.58. The number of carboxylic acids is 1. The molecule has 0 atom stereocenters. The minimum Gasteiger partial charge on any atom is -0.493 e. The Bertz CT molecular complexity index is 1130. The average molecular weight is 468 g/mol. The molecule has 0 amide bonds. The van der Waals surface area contributed by atoms with E-state index in [0.29, 0.717) is 21.8 Å². The lowest BCUT2D eigenvalue weighted by atomic mass is 10.2. The normalized spacial score (nSPS) is 10.3. The van der Waals surface area contributed by atoms with Crippen LogP contribution in [0.3, 0.4) is 0 Å². The lowest BCUT2D eigenvalue weighted by molar-refractivity contribution is -0.137. The molecule has 166 valence electrons. The highest BCUT2D eigenvalue weighted by Crippen LogP contribution is 2.29. The van der Waals surface area contributed by atoms with Crippen LogP contribution < -0.4 is 9.80 Å². The summed E-state index contributed by atoms with van der Waals surface area (Å²) in [4.78, 5) is 15.4. The van der Waals surface area contributed by atoms with Crippen LogP contribution in [0.1, 0.15) is 17.7 Å². The Morgan fingerprint density at radius 3 is 2.09 bits per heavy atom. The highest BCUT2D eigenvalue weighted by molar-refractivity contribution is 7.73. The summed E-state index contributed by atoms with van der Waals surface area (Å²) in [6.07, 6.45) is 2.14. The van der Waals surface area contributed by atoms with Crippen molar-refractivity contribution in [2.45, 2.75) is 19.4 Å². The Morgan fingerprint density at radius 2 is 1.59 bits per heavy atom. The van der Waals surface area contributed by atoms with Crippen LogP contribution in [-0.2, 0) is 11.3 Å². The molecule has 0 saturated heterocycles. The minimum atomic E-state index is -0.869. The Kier molecular flexibility index (Phi) is 7.89. The third-order valence-corrected chi connectivity index (χ3v) is 6.31. The van der Waals surface area contributed by atoms with E-state index >= 15 is 0 Å². The second-order valence-electron chi connectivity index (χ2n) is 7.11. The fourth-order valence-electron chi connectivity index (χ4n) is 3.19. The van der Waals surface area contributed by atoms with Crippen molar-refractivity contribution >= 4 is 47.0 Å². The zero-order valence-electron chi connectivity index (χ0n) is 17.9. The lowest BCUT2D eigenvalue weighted by Crippen LogP contribution is -2.29. The van der Waals surface area contributed by atoms with Gasteiger partial charge in [0.15, 0.2) is 9.78 Å². The van der Waals surface area contributed by atoms with Crippen molar-refractivity contribution in [1.29, 1.82) is 0 Å². The van der Waals surface area contributed by atoms with Crippen molar-refractivity contribution in [3.8, 4) is 5.88 Å². The summed E-state index contributed by atoms with van der Waals surface area (Å²) >= 11 is 6.64. The number of aromatic hydroxyl groups is 1. The highest BCUT2D eigenvalue weighted by atomic mass is 32.1. The first-order valence-electron chi connectivity index (χ1n) is 10.1. The van der Waals surface area contributed by atoms with Crippen molar-refractivity contribution in [2.75, 3.05) is 23.9 Å². The van der Waals surface area contributed by atoms with Gasteiger partial charge in [-0.3, -0.25) is 9.36 Å². The summed E-state index contributed by atoms with van der Waals surface area (Å²) < 4.78 is 2.06. The highest BCUT2D eigenvalue weighted by Gasteiger charge is 2.14. The molecule has 32 heavy (non-hydrogen) atoms. The van der Waals surface area contributed by atoms with Crippen molar-refractivity contribution in [1.82, 2.24) is 4.57 Å². The summed E-state index contributed by atoms with van der Waals surface area (Å²) in [7, 11) is 3.92. The molecule has 8 heteroatoms. The standard InChI is InChI=1S/C24H25N3O3S2/c1-25(18-10-5-3-6-11-18)21(26(2)19-12-7-4-8-13-19)16-15-20-23(30)27(24(31)32-20)17-9-14-22(28)29/h3-8,10-13,15,30H,9,14,17H2,1-2H3,(H,28,29). The van der Waals surface area contributed by atoms with E-state index in [1.807, 2.05) is 84.6 Å². The van der Waals surface area contributed by atoms with Crippen LogP contribution in [0.5, 0.6) is 5.88 Å². The first-order valence-corrected chi connectivity index (χ1v) is 11.3. The third-order valence-electron chi connectivity index (χ3n) is 4.92. The Morgan fingerprint density at radius 1 is 1.06 bits per heavy atom. The largest absolute Gasteiger partial charge is 0.493 e. The zero-order chi connectivity index (χ0) is 23.1. The molecule has 2 N–H and O–H groups in total. The van der Waals surface area contributed by atoms with Crippen molar-refractivity contribution in [3.63, 3.8) is 0 Å². The first-order chi connectivity index (χ1) is 15.4. The maximum absolute atomic E-state index is 10.8. The quantitative estimate of drug-likeness (QED) is 0.316. The van der Waals surface area contributed by atoms with Crippen LogP contribution >= 0.6 is 23.6 Å². The molecule has 3 rings (SSSR count). The number of anilines is 2. The van der Waals surface area contributed by atoms with Crippen molar-refractivity contribution in [3.05, 3.63) is 81.0 Å². The molecular weight excluding hydrogens is 442 g/mol. The van der Waals surface area contributed by atoms with E-state index in [9.17, 15) is 9.90 Å². The number of hydrogen-bond acceptors (Lipinski definition) is 6. The summed E-state index contributed by atoms with van der Waals surface area (Å²) in [5, 5.41) is 19.5. The van der Waals surface area contributed by atoms with Gasteiger partial charge in [0.1, 0.15) is 0 Å². The predicted molar refractivity (Wildman–Crippen MR) is 133 cm³/mol. The molecule has 0 aliphatic carbocycles. The van der Waals surface area contributed by atoms with Gasteiger partial charge in [-0.2, -0.15) is 0 Å². The molecule has 0 bridgehead atoms. The molecular formula is C24H25N3O3S2. The van der Waals surface area contributed by atoms with Gasteiger partial charge in [0.25, 0.3) is 0 Å². The van der Waals surface area contributed by atoms with Crippen LogP contribution in [0.2, 0.25) is 0 Å². The van der Waals surface area contributed by atoms with Crippen molar-refractivity contribution < 1.29 is 15.0 Å². The van der Waals surface area contributed by atoms with E-state index in [-0.39, 0.29) is 12.3 Å². The number of para-hydroxylation sites is 2. The molecule has 3 aromatic rings. The maximum atomic E-state index is 10.8. The number of benzene rings is 2. The summed E-state index contributed by atoms with van der Waals surface area (Å²) in [6, 6.07) is 19.9. The van der Waals surface area contributed by atoms with Gasteiger partial charge in [0.2, 0.25) is 5.88 Å². The van der Waals surface area contributed by atoms with Crippen LogP contribution in [0.15, 0.2) is 72.2 Å². The van der Waals surface area contributed by atoms with Crippen molar-refractivity contribution in [2.24, 2.45) is 0 Å². The molecule has 1 heterocycles. The number of aliphatic carboxylic acids is 1. The Balaban J connectivity index is 2.00. The molecule has 0 aliphatic heterocycles. The van der Waals surface area contributed by atoms with Gasteiger partial charge in [0, 0.05) is 44.5 Å². The van der Waals surface area contributed by atoms with Crippen LogP contribution in [0.4, 0.5) is 11.4 Å². The van der Waals surface area contributed by atoms with E-state index in [1.54, 1.807) is 10.6 Å². The van der Waals surface area contributed by atoms with Crippen LogP contribution in [0, 0.1) is 3.95 Å². The van der Waals surface area contributed by atoms with Crippen LogP contribution in [-0.4, -0.2) is 34.8 Å². The summed E-state index contributed by atoms with van der Waals surface area (Å²) in [5.74, 6) is -0.0626. The first kappa shape index (κ1) is 23.3. The van der Waals surface area contributed by atoms with Gasteiger partial charge in [-0.1, -0.05) is 42.1 Å². The second-order valence-corrected chi connectivity index (χ2v) is 8.78. The molecule has 0 saturated carbocycles. The number of rotatable bonds is 9. The van der Waals surface area contributed by atoms with Gasteiger partial charge in [0.05, 0.1) is 4.88 Å². The fraction of sp³-hybridized carbons (Fsp3) is 0.208. The summed E-state index contributed by atoms with van der Waals surface area (Å²) in [5.41, 5.74) is 5.32. The summed E-state index contributed by atoms with van der Waals surface area (Å²) in [6.45, 7) is 0.353. The average Bonchev–Trinajstić information content (AvgIpc) is 3.07. The fourth-order valence-corrected chi connectivity index (χ4v) is 4.43. The second kappa shape index (κ2) is 10.8. The minimum absolute atomic E-state index is 0.0238. The van der Waals surface area contributed by atoms with E-state index in [0.717, 1.165) is 17.2 Å². The third kappa shape index (κ3) is 5.68. The topological polar surface area (TPSA) is 68.9 Å². The lowest BCUT2D eigenvalue weighted by Gasteiger charge is -2.29. The monoisotopic (exact) mass is 467 g/mol. The number of hydrogen-bond donors (Lipinski definition) is 2. The molecule has 1 aromatic heterocycles.